The molecule has 0 heterocycles. The van der Waals surface area contributed by atoms with Crippen molar-refractivity contribution in [3.05, 3.63) is 81.3 Å². The Kier molecular flexibility index (Phi) is 3.83. The summed E-state index contributed by atoms with van der Waals surface area (Å²) in [7, 11) is 0. The van der Waals surface area contributed by atoms with Gasteiger partial charge in [-0.1, -0.05) is 64.5 Å². The van der Waals surface area contributed by atoms with Gasteiger partial charge in [-0.25, -0.2) is 0 Å². The Morgan fingerprint density at radius 2 is 1.43 bits per heavy atom. The first-order chi connectivity index (χ1) is 10.1. The van der Waals surface area contributed by atoms with Crippen molar-refractivity contribution in [3.63, 3.8) is 0 Å². The van der Waals surface area contributed by atoms with Crippen molar-refractivity contribution in [3.8, 4) is 0 Å². The topological polar surface area (TPSA) is 26.0 Å². The molecule has 2 N–H and O–H groups in total. The summed E-state index contributed by atoms with van der Waals surface area (Å²) in [5.74, 6) is 0. The molecule has 3 aromatic rings. The van der Waals surface area contributed by atoms with Gasteiger partial charge >= 0.3 is 0 Å². The minimum Gasteiger partial charge on any atom is -0.320 e. The van der Waals surface area contributed by atoms with Crippen LogP contribution < -0.4 is 5.73 Å². The second-order valence-corrected chi connectivity index (χ2v) is 6.35. The van der Waals surface area contributed by atoms with Crippen LogP contribution >= 0.6 is 15.9 Å². The van der Waals surface area contributed by atoms with Gasteiger partial charge in [-0.3, -0.25) is 0 Å². The van der Waals surface area contributed by atoms with Crippen molar-refractivity contribution in [1.29, 1.82) is 0 Å². The minimum atomic E-state index is -0.0971. The lowest BCUT2D eigenvalue weighted by Gasteiger charge is -2.16. The number of hydrogen-bond donors (Lipinski definition) is 1. The monoisotopic (exact) mass is 339 g/mol. The van der Waals surface area contributed by atoms with E-state index in [-0.39, 0.29) is 6.04 Å². The molecule has 0 bridgehead atoms. The molecule has 0 aromatic heterocycles. The van der Waals surface area contributed by atoms with Gasteiger partial charge in [0.2, 0.25) is 0 Å². The van der Waals surface area contributed by atoms with Crippen LogP contribution in [-0.2, 0) is 0 Å². The first-order valence-corrected chi connectivity index (χ1v) is 7.86. The molecule has 0 fully saturated rings. The highest BCUT2D eigenvalue weighted by atomic mass is 79.9. The van der Waals surface area contributed by atoms with Crippen molar-refractivity contribution in [2.24, 2.45) is 5.73 Å². The molecule has 0 saturated carbocycles. The third-order valence-electron chi connectivity index (χ3n) is 3.95. The Labute approximate surface area is 133 Å². The standard InChI is InChI=1S/C19H18BrN/c1-12-9-17(10-13(2)18(12)20)19(21)16-8-7-14-5-3-4-6-15(14)11-16/h3-11,19H,21H2,1-2H3. The SMILES string of the molecule is Cc1cc(C(N)c2ccc3ccccc3c2)cc(C)c1Br. The lowest BCUT2D eigenvalue weighted by molar-refractivity contribution is 0.869. The maximum atomic E-state index is 6.48. The Balaban J connectivity index is 2.05. The fraction of sp³-hybridized carbons (Fsp3) is 0.158. The summed E-state index contributed by atoms with van der Waals surface area (Å²) < 4.78 is 1.16. The van der Waals surface area contributed by atoms with Gasteiger partial charge in [0.25, 0.3) is 0 Å². The molecule has 2 heteroatoms. The Hall–Kier alpha value is -1.64. The maximum absolute atomic E-state index is 6.48. The molecule has 0 radical (unpaired) electrons. The van der Waals surface area contributed by atoms with Crippen molar-refractivity contribution in [1.82, 2.24) is 0 Å². The van der Waals surface area contributed by atoms with Crippen molar-refractivity contribution < 1.29 is 0 Å². The molecule has 1 atom stereocenters. The van der Waals surface area contributed by atoms with E-state index in [4.69, 9.17) is 5.73 Å². The summed E-state index contributed by atoms with van der Waals surface area (Å²) in [4.78, 5) is 0. The van der Waals surface area contributed by atoms with E-state index in [0.717, 1.165) is 15.6 Å². The van der Waals surface area contributed by atoms with Crippen LogP contribution in [0.2, 0.25) is 0 Å². The molecule has 106 valence electrons. The molecule has 0 aliphatic rings. The lowest BCUT2D eigenvalue weighted by Crippen LogP contribution is -2.12. The van der Waals surface area contributed by atoms with Crippen LogP contribution in [0.25, 0.3) is 10.8 Å². The normalized spacial score (nSPS) is 12.6. The molecule has 1 nitrogen and oxygen atoms in total. The molecular formula is C19H18BrN. The fourth-order valence-electron chi connectivity index (χ4n) is 2.75. The van der Waals surface area contributed by atoms with E-state index in [1.165, 1.54) is 21.9 Å². The van der Waals surface area contributed by atoms with Gasteiger partial charge in [-0.15, -0.1) is 0 Å². The second-order valence-electron chi connectivity index (χ2n) is 5.55. The van der Waals surface area contributed by atoms with Gasteiger partial charge in [0.15, 0.2) is 0 Å². The molecule has 1 unspecified atom stereocenters. The lowest BCUT2D eigenvalue weighted by atomic mass is 9.95. The predicted octanol–water partition coefficient (Wildman–Crippen LogP) is 5.27. The summed E-state index contributed by atoms with van der Waals surface area (Å²) in [6.45, 7) is 4.21. The van der Waals surface area contributed by atoms with E-state index in [0.29, 0.717) is 0 Å². The summed E-state index contributed by atoms with van der Waals surface area (Å²) in [6.07, 6.45) is 0. The van der Waals surface area contributed by atoms with Gasteiger partial charge < -0.3 is 5.73 Å². The quantitative estimate of drug-likeness (QED) is 0.676. The van der Waals surface area contributed by atoms with Crippen molar-refractivity contribution in [2.75, 3.05) is 0 Å². The molecule has 0 aliphatic heterocycles. The van der Waals surface area contributed by atoms with Crippen LogP contribution in [0.5, 0.6) is 0 Å². The highest BCUT2D eigenvalue weighted by Gasteiger charge is 2.12. The number of aryl methyl sites for hydroxylation is 2. The third kappa shape index (κ3) is 2.74. The van der Waals surface area contributed by atoms with Crippen molar-refractivity contribution >= 4 is 26.7 Å². The van der Waals surface area contributed by atoms with Crippen LogP contribution in [0.15, 0.2) is 59.1 Å². The summed E-state index contributed by atoms with van der Waals surface area (Å²) >= 11 is 3.61. The predicted molar refractivity (Wildman–Crippen MR) is 93.6 cm³/mol. The number of halogens is 1. The maximum Gasteiger partial charge on any atom is 0.0552 e. The second kappa shape index (κ2) is 5.63. The molecular weight excluding hydrogens is 322 g/mol. The molecule has 3 aromatic carbocycles. The number of nitrogens with two attached hydrogens (primary N) is 1. The van der Waals surface area contributed by atoms with Crippen molar-refractivity contribution in [2.45, 2.75) is 19.9 Å². The van der Waals surface area contributed by atoms with E-state index in [1.54, 1.807) is 0 Å². The average Bonchev–Trinajstić information content (AvgIpc) is 2.51. The van der Waals surface area contributed by atoms with Gasteiger partial charge in [0.05, 0.1) is 6.04 Å². The van der Waals surface area contributed by atoms with Crippen LogP contribution in [0.4, 0.5) is 0 Å². The summed E-state index contributed by atoms with van der Waals surface area (Å²) in [5.41, 5.74) is 11.2. The molecule has 0 amide bonds. The highest BCUT2D eigenvalue weighted by Crippen LogP contribution is 2.29. The van der Waals surface area contributed by atoms with E-state index in [9.17, 15) is 0 Å². The smallest absolute Gasteiger partial charge is 0.0552 e. The van der Waals surface area contributed by atoms with Gasteiger partial charge in [-0.2, -0.15) is 0 Å². The Morgan fingerprint density at radius 3 is 2.10 bits per heavy atom. The number of benzene rings is 3. The van der Waals surface area contributed by atoms with E-state index in [1.807, 2.05) is 0 Å². The zero-order valence-electron chi connectivity index (χ0n) is 12.2. The molecule has 21 heavy (non-hydrogen) atoms. The fourth-order valence-corrected chi connectivity index (χ4v) is 2.98. The largest absolute Gasteiger partial charge is 0.320 e. The third-order valence-corrected chi connectivity index (χ3v) is 5.20. The highest BCUT2D eigenvalue weighted by molar-refractivity contribution is 9.10. The van der Waals surface area contributed by atoms with Gasteiger partial charge in [-0.05, 0) is 52.9 Å². The van der Waals surface area contributed by atoms with E-state index < -0.39 is 0 Å². The number of fused-ring (bicyclic) bond motifs is 1. The van der Waals surface area contributed by atoms with Crippen LogP contribution in [0, 0.1) is 13.8 Å². The number of hydrogen-bond acceptors (Lipinski definition) is 1. The van der Waals surface area contributed by atoms with E-state index >= 15 is 0 Å². The summed E-state index contributed by atoms with van der Waals surface area (Å²) in [6, 6.07) is 19.1. The summed E-state index contributed by atoms with van der Waals surface area (Å²) in [5, 5.41) is 2.48. The molecule has 0 aliphatic carbocycles. The Bertz CT molecular complexity index is 785. The first-order valence-electron chi connectivity index (χ1n) is 7.07. The van der Waals surface area contributed by atoms with Crippen LogP contribution in [0.3, 0.4) is 0 Å². The molecule has 0 saturated heterocycles. The van der Waals surface area contributed by atoms with E-state index in [2.05, 4.69) is 84.4 Å². The van der Waals surface area contributed by atoms with Crippen LogP contribution in [0.1, 0.15) is 28.3 Å². The van der Waals surface area contributed by atoms with Gasteiger partial charge in [0.1, 0.15) is 0 Å². The zero-order chi connectivity index (χ0) is 15.0. The van der Waals surface area contributed by atoms with Crippen LogP contribution in [-0.4, -0.2) is 0 Å². The zero-order valence-corrected chi connectivity index (χ0v) is 13.8. The molecule has 3 rings (SSSR count). The Morgan fingerprint density at radius 1 is 0.810 bits per heavy atom. The van der Waals surface area contributed by atoms with Gasteiger partial charge in [0, 0.05) is 4.47 Å². The first kappa shape index (κ1) is 14.3. The number of rotatable bonds is 2. The average molecular weight is 340 g/mol. The molecule has 0 spiro atoms. The minimum absolute atomic E-state index is 0.0971.